The average Bonchev–Trinajstić information content (AvgIpc) is 2.13. The van der Waals surface area contributed by atoms with Gasteiger partial charge in [0.2, 0.25) is 0 Å². The minimum atomic E-state index is 0.429. The topological polar surface area (TPSA) is 12.0 Å². The predicted molar refractivity (Wildman–Crippen MR) is 61.0 cm³/mol. The molecule has 0 amide bonds. The largest absolute Gasteiger partial charge is 0.316 e. The summed E-state index contributed by atoms with van der Waals surface area (Å²) in [5.41, 5.74) is 0.429. The van der Waals surface area contributed by atoms with Crippen molar-refractivity contribution in [3.63, 3.8) is 0 Å². The van der Waals surface area contributed by atoms with Gasteiger partial charge in [0.15, 0.2) is 0 Å². The molecule has 0 saturated carbocycles. The Hall–Kier alpha value is -0.0400. The van der Waals surface area contributed by atoms with Crippen molar-refractivity contribution in [2.45, 2.75) is 59.9 Å². The molecule has 0 aromatic carbocycles. The molecule has 0 heterocycles. The van der Waals surface area contributed by atoms with Gasteiger partial charge < -0.3 is 5.32 Å². The summed E-state index contributed by atoms with van der Waals surface area (Å²) in [6, 6.07) is 0.660. The van der Waals surface area contributed by atoms with Crippen molar-refractivity contribution in [3.8, 4) is 0 Å². The first-order valence-corrected chi connectivity index (χ1v) is 5.65. The van der Waals surface area contributed by atoms with Gasteiger partial charge in [-0.05, 0) is 31.2 Å². The molecule has 0 rings (SSSR count). The van der Waals surface area contributed by atoms with E-state index in [1.807, 2.05) is 0 Å². The van der Waals surface area contributed by atoms with Crippen LogP contribution in [0.25, 0.3) is 0 Å². The van der Waals surface area contributed by atoms with E-state index in [2.05, 4.69) is 47.0 Å². The zero-order chi connectivity index (χ0) is 10.5. The molecule has 80 valence electrons. The lowest BCUT2D eigenvalue weighted by molar-refractivity contribution is 0.208. The van der Waals surface area contributed by atoms with E-state index in [4.69, 9.17) is 0 Å². The highest BCUT2D eigenvalue weighted by molar-refractivity contribution is 4.83. The van der Waals surface area contributed by atoms with Crippen molar-refractivity contribution < 1.29 is 0 Å². The van der Waals surface area contributed by atoms with E-state index in [1.54, 1.807) is 0 Å². The summed E-state index contributed by atoms with van der Waals surface area (Å²) in [6.07, 6.45) is 3.83. The Labute approximate surface area is 84.3 Å². The minimum Gasteiger partial charge on any atom is -0.316 e. The summed E-state index contributed by atoms with van der Waals surface area (Å²) in [5.74, 6) is 0.836. The molecule has 0 bridgehead atoms. The monoisotopic (exact) mass is 185 g/mol. The van der Waals surface area contributed by atoms with E-state index in [-0.39, 0.29) is 0 Å². The number of rotatable bonds is 6. The van der Waals surface area contributed by atoms with E-state index in [0.29, 0.717) is 11.5 Å². The van der Waals surface area contributed by atoms with Crippen molar-refractivity contribution in [2.24, 2.45) is 11.3 Å². The lowest BCUT2D eigenvalue weighted by Gasteiger charge is -2.35. The highest BCUT2D eigenvalue weighted by Gasteiger charge is 2.26. The van der Waals surface area contributed by atoms with E-state index in [1.165, 1.54) is 19.3 Å². The molecule has 0 aliphatic rings. The maximum Gasteiger partial charge on any atom is 0.0118 e. The van der Waals surface area contributed by atoms with Gasteiger partial charge in [0, 0.05) is 6.04 Å². The molecule has 13 heavy (non-hydrogen) atoms. The fourth-order valence-electron chi connectivity index (χ4n) is 1.64. The summed E-state index contributed by atoms with van der Waals surface area (Å²) in [4.78, 5) is 0. The molecular weight excluding hydrogens is 158 g/mol. The van der Waals surface area contributed by atoms with Crippen LogP contribution in [0.2, 0.25) is 0 Å². The van der Waals surface area contributed by atoms with Gasteiger partial charge in [-0.25, -0.2) is 0 Å². The zero-order valence-corrected chi connectivity index (χ0v) is 10.3. The Morgan fingerprint density at radius 2 is 1.77 bits per heavy atom. The molecule has 0 aliphatic carbocycles. The molecule has 0 aromatic heterocycles. The Bertz CT molecular complexity index is 129. The van der Waals surface area contributed by atoms with Crippen LogP contribution in [-0.2, 0) is 0 Å². The predicted octanol–water partition coefficient (Wildman–Crippen LogP) is 3.45. The summed E-state index contributed by atoms with van der Waals surface area (Å²) in [5, 5.41) is 3.46. The van der Waals surface area contributed by atoms with Crippen LogP contribution in [0.4, 0.5) is 0 Å². The molecule has 1 N–H and O–H groups in total. The fraction of sp³-hybridized carbons (Fsp3) is 1.00. The second kappa shape index (κ2) is 5.64. The van der Waals surface area contributed by atoms with E-state index >= 15 is 0 Å². The van der Waals surface area contributed by atoms with Gasteiger partial charge in [-0.1, -0.05) is 41.0 Å². The molecule has 0 radical (unpaired) electrons. The van der Waals surface area contributed by atoms with Crippen molar-refractivity contribution in [2.75, 3.05) is 7.05 Å². The zero-order valence-electron chi connectivity index (χ0n) is 10.3. The highest BCUT2D eigenvalue weighted by Crippen LogP contribution is 2.29. The van der Waals surface area contributed by atoms with Crippen LogP contribution in [0, 0.1) is 11.3 Å². The first-order valence-electron chi connectivity index (χ1n) is 5.65. The van der Waals surface area contributed by atoms with Crippen molar-refractivity contribution in [1.29, 1.82) is 0 Å². The standard InChI is InChI=1S/C12H27N/c1-7-10(3)9-11(13-6)12(4,5)8-2/h10-11,13H,7-9H2,1-6H3. The van der Waals surface area contributed by atoms with E-state index < -0.39 is 0 Å². The van der Waals surface area contributed by atoms with Gasteiger partial charge in [0.25, 0.3) is 0 Å². The van der Waals surface area contributed by atoms with Crippen LogP contribution in [-0.4, -0.2) is 13.1 Å². The number of hydrogen-bond acceptors (Lipinski definition) is 1. The summed E-state index contributed by atoms with van der Waals surface area (Å²) in [6.45, 7) is 11.6. The van der Waals surface area contributed by atoms with Gasteiger partial charge in [-0.15, -0.1) is 0 Å². The lowest BCUT2D eigenvalue weighted by Crippen LogP contribution is -2.40. The number of nitrogens with one attached hydrogen (secondary N) is 1. The van der Waals surface area contributed by atoms with Crippen LogP contribution >= 0.6 is 0 Å². The second-order valence-electron chi connectivity index (χ2n) is 4.93. The first kappa shape index (κ1) is 13.0. The average molecular weight is 185 g/mol. The van der Waals surface area contributed by atoms with Crippen LogP contribution in [0.5, 0.6) is 0 Å². The molecule has 0 fully saturated rings. The third-order valence-corrected chi connectivity index (χ3v) is 3.54. The normalized spacial score (nSPS) is 17.1. The maximum atomic E-state index is 3.46. The third-order valence-electron chi connectivity index (χ3n) is 3.54. The Morgan fingerprint density at radius 1 is 1.23 bits per heavy atom. The minimum absolute atomic E-state index is 0.429. The van der Waals surface area contributed by atoms with Crippen molar-refractivity contribution in [1.82, 2.24) is 5.32 Å². The van der Waals surface area contributed by atoms with Gasteiger partial charge in [-0.2, -0.15) is 0 Å². The molecule has 0 aromatic rings. The molecule has 2 unspecified atom stereocenters. The lowest BCUT2D eigenvalue weighted by atomic mass is 9.77. The molecule has 1 heteroatoms. The van der Waals surface area contributed by atoms with Gasteiger partial charge >= 0.3 is 0 Å². The maximum absolute atomic E-state index is 3.46. The van der Waals surface area contributed by atoms with E-state index in [9.17, 15) is 0 Å². The highest BCUT2D eigenvalue weighted by atomic mass is 14.9. The summed E-state index contributed by atoms with van der Waals surface area (Å²) in [7, 11) is 2.09. The smallest absolute Gasteiger partial charge is 0.0118 e. The molecule has 1 nitrogen and oxygen atoms in total. The van der Waals surface area contributed by atoms with Crippen molar-refractivity contribution >= 4 is 0 Å². The molecule has 0 aliphatic heterocycles. The Balaban J connectivity index is 4.17. The quantitative estimate of drug-likeness (QED) is 0.668. The van der Waals surface area contributed by atoms with Gasteiger partial charge in [0.1, 0.15) is 0 Å². The molecular formula is C12H27N. The van der Waals surface area contributed by atoms with Crippen LogP contribution in [0.1, 0.15) is 53.9 Å². The molecule has 0 spiro atoms. The second-order valence-corrected chi connectivity index (χ2v) is 4.93. The summed E-state index contributed by atoms with van der Waals surface area (Å²) >= 11 is 0. The SMILES string of the molecule is CCC(C)CC(NC)C(C)(C)CC. The van der Waals surface area contributed by atoms with Gasteiger partial charge in [0.05, 0.1) is 0 Å². The number of hydrogen-bond donors (Lipinski definition) is 1. The van der Waals surface area contributed by atoms with Gasteiger partial charge in [-0.3, -0.25) is 0 Å². The Morgan fingerprint density at radius 3 is 2.08 bits per heavy atom. The Kier molecular flexibility index (Phi) is 5.62. The third kappa shape index (κ3) is 4.12. The van der Waals surface area contributed by atoms with Crippen LogP contribution in [0.15, 0.2) is 0 Å². The summed E-state index contributed by atoms with van der Waals surface area (Å²) < 4.78 is 0. The molecule has 2 atom stereocenters. The van der Waals surface area contributed by atoms with Crippen LogP contribution < -0.4 is 5.32 Å². The van der Waals surface area contributed by atoms with Crippen molar-refractivity contribution in [3.05, 3.63) is 0 Å². The molecule has 0 saturated heterocycles. The van der Waals surface area contributed by atoms with Crippen LogP contribution in [0.3, 0.4) is 0 Å². The first-order chi connectivity index (χ1) is 5.97. The van der Waals surface area contributed by atoms with E-state index in [0.717, 1.165) is 5.92 Å². The fourth-order valence-corrected chi connectivity index (χ4v) is 1.64.